The molecule has 0 saturated carbocycles. The summed E-state index contributed by atoms with van der Waals surface area (Å²) in [5, 5.41) is 8.00. The van der Waals surface area contributed by atoms with Crippen molar-refractivity contribution < 1.29 is 4.52 Å². The molecule has 2 aromatic heterocycles. The Morgan fingerprint density at radius 2 is 2.50 bits per heavy atom. The van der Waals surface area contributed by atoms with E-state index in [1.807, 2.05) is 19.3 Å². The molecule has 0 aliphatic heterocycles. The molecular weight excluding hydrogens is 206 g/mol. The van der Waals surface area contributed by atoms with Gasteiger partial charge >= 0.3 is 0 Å². The molecule has 2 N–H and O–H groups in total. The van der Waals surface area contributed by atoms with E-state index in [9.17, 15) is 0 Å². The van der Waals surface area contributed by atoms with Gasteiger partial charge in [-0.2, -0.15) is 10.1 Å². The second-order valence-electron chi connectivity index (χ2n) is 3.46. The summed E-state index contributed by atoms with van der Waals surface area (Å²) in [4.78, 5) is 4.19. The third kappa shape index (κ3) is 2.01. The maximum atomic E-state index is 5.81. The minimum absolute atomic E-state index is 0.303. The van der Waals surface area contributed by atoms with Crippen molar-refractivity contribution in [1.29, 1.82) is 0 Å². The molecule has 6 heteroatoms. The van der Waals surface area contributed by atoms with E-state index >= 15 is 0 Å². The highest BCUT2D eigenvalue weighted by atomic mass is 16.5. The largest absolute Gasteiger partial charge is 0.337 e. The van der Waals surface area contributed by atoms with Crippen LogP contribution in [-0.4, -0.2) is 19.9 Å². The number of nitrogens with zero attached hydrogens (tertiary/aromatic N) is 4. The number of hydrogen-bond donors (Lipinski definition) is 1. The van der Waals surface area contributed by atoms with E-state index in [2.05, 4.69) is 21.8 Å². The van der Waals surface area contributed by atoms with E-state index in [0.717, 1.165) is 0 Å². The highest BCUT2D eigenvalue weighted by molar-refractivity contribution is 5.46. The first-order chi connectivity index (χ1) is 7.70. The number of rotatable bonds is 4. The summed E-state index contributed by atoms with van der Waals surface area (Å²) in [6.45, 7) is 3.61. The average Bonchev–Trinajstić information content (AvgIpc) is 2.85. The summed E-state index contributed by atoms with van der Waals surface area (Å²) in [6, 6.07) is 1.51. The van der Waals surface area contributed by atoms with Gasteiger partial charge in [0.05, 0.1) is 6.04 Å². The summed E-state index contributed by atoms with van der Waals surface area (Å²) in [6.07, 6.45) is 4.13. The third-order valence-electron chi connectivity index (χ3n) is 2.12. The Morgan fingerprint density at radius 1 is 1.69 bits per heavy atom. The molecule has 2 aromatic rings. The van der Waals surface area contributed by atoms with E-state index in [4.69, 9.17) is 10.3 Å². The van der Waals surface area contributed by atoms with Crippen LogP contribution in [-0.2, 0) is 7.05 Å². The zero-order chi connectivity index (χ0) is 11.5. The van der Waals surface area contributed by atoms with Crippen LogP contribution in [0.2, 0.25) is 0 Å². The van der Waals surface area contributed by atoms with Gasteiger partial charge in [-0.1, -0.05) is 11.2 Å². The predicted molar refractivity (Wildman–Crippen MR) is 58.2 cm³/mol. The summed E-state index contributed by atoms with van der Waals surface area (Å²) >= 11 is 0. The first-order valence-corrected chi connectivity index (χ1v) is 4.91. The molecule has 2 rings (SSSR count). The SMILES string of the molecule is C=CCC(N)c1nc(-c2ccn(C)n2)no1. The van der Waals surface area contributed by atoms with Crippen LogP contribution in [0, 0.1) is 0 Å². The van der Waals surface area contributed by atoms with E-state index in [1.165, 1.54) is 0 Å². The number of hydrogen-bond acceptors (Lipinski definition) is 5. The molecule has 0 spiro atoms. The molecule has 1 atom stereocenters. The molecule has 2 heterocycles. The second-order valence-corrected chi connectivity index (χ2v) is 3.46. The van der Waals surface area contributed by atoms with Gasteiger partial charge in [-0.05, 0) is 12.5 Å². The van der Waals surface area contributed by atoms with E-state index in [1.54, 1.807) is 10.8 Å². The standard InChI is InChI=1S/C10H13N5O/c1-3-4-7(11)10-12-9(14-16-10)8-5-6-15(2)13-8/h3,5-7H,1,4,11H2,2H3. The van der Waals surface area contributed by atoms with Crippen LogP contribution in [0.5, 0.6) is 0 Å². The van der Waals surface area contributed by atoms with Crippen molar-refractivity contribution in [1.82, 2.24) is 19.9 Å². The topological polar surface area (TPSA) is 82.8 Å². The highest BCUT2D eigenvalue weighted by Gasteiger charge is 2.15. The van der Waals surface area contributed by atoms with Crippen molar-refractivity contribution in [3.05, 3.63) is 30.8 Å². The van der Waals surface area contributed by atoms with Gasteiger partial charge in [-0.15, -0.1) is 6.58 Å². The van der Waals surface area contributed by atoms with Gasteiger partial charge in [0.1, 0.15) is 5.69 Å². The summed E-state index contributed by atoms with van der Waals surface area (Å²) < 4.78 is 6.74. The van der Waals surface area contributed by atoms with Crippen molar-refractivity contribution in [2.24, 2.45) is 12.8 Å². The minimum Gasteiger partial charge on any atom is -0.337 e. The highest BCUT2D eigenvalue weighted by Crippen LogP contribution is 2.17. The molecular formula is C10H13N5O. The quantitative estimate of drug-likeness (QED) is 0.777. The molecule has 0 bridgehead atoms. The molecule has 16 heavy (non-hydrogen) atoms. The maximum absolute atomic E-state index is 5.81. The molecule has 0 saturated heterocycles. The zero-order valence-electron chi connectivity index (χ0n) is 9.00. The number of nitrogens with two attached hydrogens (primary N) is 1. The number of aromatic nitrogens is 4. The Bertz CT molecular complexity index is 487. The van der Waals surface area contributed by atoms with Gasteiger partial charge in [-0.25, -0.2) is 0 Å². The first kappa shape index (κ1) is 10.6. The third-order valence-corrected chi connectivity index (χ3v) is 2.12. The Kier molecular flexibility index (Phi) is 2.82. The van der Waals surface area contributed by atoms with Crippen molar-refractivity contribution in [3.63, 3.8) is 0 Å². The molecule has 0 radical (unpaired) electrons. The fourth-order valence-corrected chi connectivity index (χ4v) is 1.30. The van der Waals surface area contributed by atoms with E-state index < -0.39 is 0 Å². The molecule has 0 fully saturated rings. The fourth-order valence-electron chi connectivity index (χ4n) is 1.30. The molecule has 0 aromatic carbocycles. The van der Waals surface area contributed by atoms with Crippen LogP contribution in [0.25, 0.3) is 11.5 Å². The van der Waals surface area contributed by atoms with Gasteiger partial charge in [-0.3, -0.25) is 4.68 Å². The predicted octanol–water partition coefficient (Wildman–Crippen LogP) is 1.05. The van der Waals surface area contributed by atoms with Crippen molar-refractivity contribution in [2.45, 2.75) is 12.5 Å². The monoisotopic (exact) mass is 219 g/mol. The minimum atomic E-state index is -0.303. The number of aryl methyl sites for hydroxylation is 1. The van der Waals surface area contributed by atoms with Gasteiger partial charge in [0.15, 0.2) is 0 Å². The smallest absolute Gasteiger partial charge is 0.244 e. The lowest BCUT2D eigenvalue weighted by atomic mass is 10.2. The van der Waals surface area contributed by atoms with Crippen LogP contribution < -0.4 is 5.73 Å². The summed E-state index contributed by atoms with van der Waals surface area (Å²) in [5.74, 6) is 0.857. The van der Waals surface area contributed by atoms with Crippen LogP contribution in [0.4, 0.5) is 0 Å². The Balaban J connectivity index is 2.22. The zero-order valence-corrected chi connectivity index (χ0v) is 9.00. The molecule has 84 valence electrons. The Morgan fingerprint density at radius 3 is 3.12 bits per heavy atom. The molecule has 1 unspecified atom stereocenters. The lowest BCUT2D eigenvalue weighted by Crippen LogP contribution is -2.09. The van der Waals surface area contributed by atoms with Crippen molar-refractivity contribution in [2.75, 3.05) is 0 Å². The van der Waals surface area contributed by atoms with E-state index in [0.29, 0.717) is 23.8 Å². The average molecular weight is 219 g/mol. The van der Waals surface area contributed by atoms with Crippen LogP contribution in [0.15, 0.2) is 29.4 Å². The van der Waals surface area contributed by atoms with Crippen molar-refractivity contribution >= 4 is 0 Å². The molecule has 0 aliphatic carbocycles. The van der Waals surface area contributed by atoms with Crippen LogP contribution >= 0.6 is 0 Å². The van der Waals surface area contributed by atoms with Gasteiger partial charge in [0.25, 0.3) is 0 Å². The van der Waals surface area contributed by atoms with E-state index in [-0.39, 0.29) is 6.04 Å². The first-order valence-electron chi connectivity index (χ1n) is 4.91. The summed E-state index contributed by atoms with van der Waals surface area (Å²) in [5.41, 5.74) is 6.48. The Labute approximate surface area is 92.8 Å². The fraction of sp³-hybridized carbons (Fsp3) is 0.300. The molecule has 0 amide bonds. The second kappa shape index (κ2) is 4.28. The lowest BCUT2D eigenvalue weighted by molar-refractivity contribution is 0.355. The van der Waals surface area contributed by atoms with Gasteiger partial charge < -0.3 is 10.3 Å². The molecule has 0 aliphatic rings. The van der Waals surface area contributed by atoms with Gasteiger partial charge in [0, 0.05) is 13.2 Å². The Hall–Kier alpha value is -1.95. The van der Waals surface area contributed by atoms with Crippen LogP contribution in [0.1, 0.15) is 18.4 Å². The van der Waals surface area contributed by atoms with Gasteiger partial charge in [0.2, 0.25) is 11.7 Å². The maximum Gasteiger partial charge on any atom is 0.244 e. The molecule has 6 nitrogen and oxygen atoms in total. The van der Waals surface area contributed by atoms with Crippen molar-refractivity contribution in [3.8, 4) is 11.5 Å². The lowest BCUT2D eigenvalue weighted by Gasteiger charge is -1.99. The summed E-state index contributed by atoms with van der Waals surface area (Å²) in [7, 11) is 1.83. The van der Waals surface area contributed by atoms with Crippen LogP contribution in [0.3, 0.4) is 0 Å². The normalized spacial score (nSPS) is 12.6.